The molecule has 0 spiro atoms. The van der Waals surface area contributed by atoms with E-state index >= 15 is 0 Å². The van der Waals surface area contributed by atoms with Gasteiger partial charge in [0.1, 0.15) is 10.8 Å². The largest absolute Gasteiger partial charge is 0.427 e. The lowest BCUT2D eigenvalue weighted by molar-refractivity contribution is -0.140. The standard InChI is InChI=1S/C17H11Cl2NO4/c18-13-2-1-3-14(17(13)19)24-16(22)9-8-15(21)23-12-6-4-11(10-20)5-7-12/h1-7H,8-9H2. The zero-order valence-electron chi connectivity index (χ0n) is 12.3. The highest BCUT2D eigenvalue weighted by Gasteiger charge is 2.13. The fraction of sp³-hybridized carbons (Fsp3) is 0.118. The summed E-state index contributed by atoms with van der Waals surface area (Å²) in [5, 5.41) is 9.08. The number of nitrogens with zero attached hydrogens (tertiary/aromatic N) is 1. The summed E-state index contributed by atoms with van der Waals surface area (Å²) < 4.78 is 10.1. The van der Waals surface area contributed by atoms with Crippen LogP contribution in [0.1, 0.15) is 18.4 Å². The van der Waals surface area contributed by atoms with E-state index in [4.69, 9.17) is 37.9 Å². The normalized spacial score (nSPS) is 9.88. The average Bonchev–Trinajstić information content (AvgIpc) is 2.58. The third-order valence-electron chi connectivity index (χ3n) is 2.89. The molecule has 0 bridgehead atoms. The van der Waals surface area contributed by atoms with Crippen LogP contribution in [0.4, 0.5) is 0 Å². The van der Waals surface area contributed by atoms with Crippen molar-refractivity contribution < 1.29 is 19.1 Å². The lowest BCUT2D eigenvalue weighted by Crippen LogP contribution is -2.14. The van der Waals surface area contributed by atoms with Gasteiger partial charge in [-0.25, -0.2) is 0 Å². The van der Waals surface area contributed by atoms with E-state index in [2.05, 4.69) is 0 Å². The number of halogens is 2. The van der Waals surface area contributed by atoms with Gasteiger partial charge >= 0.3 is 11.9 Å². The highest BCUT2D eigenvalue weighted by Crippen LogP contribution is 2.31. The summed E-state index contributed by atoms with van der Waals surface area (Å²) in [6.07, 6.45) is -0.324. The molecule has 0 aromatic heterocycles. The maximum absolute atomic E-state index is 11.7. The first kappa shape index (κ1) is 17.8. The molecular weight excluding hydrogens is 353 g/mol. The Bertz CT molecular complexity index is 797. The molecule has 0 N–H and O–H groups in total. The van der Waals surface area contributed by atoms with Crippen LogP contribution in [0.5, 0.6) is 11.5 Å². The molecule has 2 aromatic carbocycles. The molecule has 7 heteroatoms. The first-order valence-corrected chi connectivity index (χ1v) is 7.60. The van der Waals surface area contributed by atoms with Crippen LogP contribution in [-0.4, -0.2) is 11.9 Å². The molecule has 0 saturated carbocycles. The van der Waals surface area contributed by atoms with E-state index in [0.29, 0.717) is 11.3 Å². The SMILES string of the molecule is N#Cc1ccc(OC(=O)CCC(=O)Oc2cccc(Cl)c2Cl)cc1. The molecule has 0 aliphatic heterocycles. The predicted molar refractivity (Wildman–Crippen MR) is 88.1 cm³/mol. The Balaban J connectivity index is 1.83. The van der Waals surface area contributed by atoms with E-state index in [9.17, 15) is 9.59 Å². The number of hydrogen-bond acceptors (Lipinski definition) is 5. The number of nitriles is 1. The second-order valence-corrected chi connectivity index (χ2v) is 5.42. The molecule has 0 unspecified atom stereocenters. The molecule has 0 amide bonds. The van der Waals surface area contributed by atoms with Crippen LogP contribution in [0, 0.1) is 11.3 Å². The molecule has 0 fully saturated rings. The van der Waals surface area contributed by atoms with E-state index < -0.39 is 11.9 Å². The van der Waals surface area contributed by atoms with Crippen LogP contribution < -0.4 is 9.47 Å². The monoisotopic (exact) mass is 363 g/mol. The predicted octanol–water partition coefficient (Wildman–Crippen LogP) is 4.16. The topological polar surface area (TPSA) is 76.4 Å². The van der Waals surface area contributed by atoms with Crippen LogP contribution in [0.15, 0.2) is 42.5 Å². The van der Waals surface area contributed by atoms with Gasteiger partial charge in [0.05, 0.1) is 29.5 Å². The third-order valence-corrected chi connectivity index (χ3v) is 3.69. The molecule has 0 saturated heterocycles. The quantitative estimate of drug-likeness (QED) is 0.588. The lowest BCUT2D eigenvalue weighted by atomic mass is 10.2. The summed E-state index contributed by atoms with van der Waals surface area (Å²) in [4.78, 5) is 23.5. The van der Waals surface area contributed by atoms with E-state index in [0.717, 1.165) is 0 Å². The Morgan fingerprint density at radius 2 is 1.58 bits per heavy atom. The number of esters is 2. The molecule has 0 atom stereocenters. The van der Waals surface area contributed by atoms with Gasteiger partial charge in [0.15, 0.2) is 5.75 Å². The van der Waals surface area contributed by atoms with Gasteiger partial charge in [-0.1, -0.05) is 29.3 Å². The van der Waals surface area contributed by atoms with Crippen molar-refractivity contribution in [1.82, 2.24) is 0 Å². The average molecular weight is 364 g/mol. The zero-order chi connectivity index (χ0) is 17.5. The van der Waals surface area contributed by atoms with Crippen molar-refractivity contribution in [1.29, 1.82) is 5.26 Å². The number of benzene rings is 2. The first-order chi connectivity index (χ1) is 11.5. The second kappa shape index (κ2) is 8.34. The van der Waals surface area contributed by atoms with E-state index in [-0.39, 0.29) is 28.6 Å². The molecule has 0 heterocycles. The zero-order valence-corrected chi connectivity index (χ0v) is 13.8. The molecule has 122 valence electrons. The number of hydrogen-bond donors (Lipinski definition) is 0. The van der Waals surface area contributed by atoms with Crippen molar-refractivity contribution in [2.24, 2.45) is 0 Å². The van der Waals surface area contributed by atoms with Crippen molar-refractivity contribution in [3.8, 4) is 17.6 Å². The van der Waals surface area contributed by atoms with E-state index in [1.54, 1.807) is 12.1 Å². The summed E-state index contributed by atoms with van der Waals surface area (Å²) >= 11 is 11.7. The fourth-order valence-corrected chi connectivity index (χ4v) is 2.05. The Labute approximate surface area is 148 Å². The Hall–Kier alpha value is -2.55. The number of rotatable bonds is 5. The highest BCUT2D eigenvalue weighted by molar-refractivity contribution is 6.43. The van der Waals surface area contributed by atoms with Gasteiger partial charge in [-0.2, -0.15) is 5.26 Å². The van der Waals surface area contributed by atoms with E-state index in [1.807, 2.05) is 6.07 Å². The highest BCUT2D eigenvalue weighted by atomic mass is 35.5. The van der Waals surface area contributed by atoms with Crippen LogP contribution in [0.25, 0.3) is 0 Å². The maximum atomic E-state index is 11.7. The summed E-state index contributed by atoms with van der Waals surface area (Å²) in [7, 11) is 0. The minimum atomic E-state index is -0.629. The van der Waals surface area contributed by atoms with Gasteiger partial charge in [0, 0.05) is 0 Å². The fourth-order valence-electron chi connectivity index (χ4n) is 1.72. The van der Waals surface area contributed by atoms with Crippen molar-refractivity contribution in [2.45, 2.75) is 12.8 Å². The molecular formula is C17H11Cl2NO4. The molecule has 0 aliphatic carbocycles. The third kappa shape index (κ3) is 4.98. The molecule has 24 heavy (non-hydrogen) atoms. The number of carbonyl (C=O) groups is 2. The Kier molecular flexibility index (Phi) is 6.19. The van der Waals surface area contributed by atoms with Crippen molar-refractivity contribution in [3.05, 3.63) is 58.1 Å². The lowest BCUT2D eigenvalue weighted by Gasteiger charge is -2.07. The molecule has 0 radical (unpaired) electrons. The van der Waals surface area contributed by atoms with Crippen molar-refractivity contribution in [2.75, 3.05) is 0 Å². The molecule has 0 aliphatic rings. The summed E-state index contributed by atoms with van der Waals surface area (Å²) in [6.45, 7) is 0. The first-order valence-electron chi connectivity index (χ1n) is 6.85. The minimum absolute atomic E-state index is 0.132. The molecule has 2 rings (SSSR count). The van der Waals surface area contributed by atoms with Gasteiger partial charge in [-0.3, -0.25) is 9.59 Å². The number of carbonyl (C=O) groups excluding carboxylic acids is 2. The van der Waals surface area contributed by atoms with Crippen LogP contribution >= 0.6 is 23.2 Å². The molecule has 2 aromatic rings. The minimum Gasteiger partial charge on any atom is -0.427 e. The Morgan fingerprint density at radius 3 is 2.21 bits per heavy atom. The van der Waals surface area contributed by atoms with Gasteiger partial charge in [-0.05, 0) is 36.4 Å². The van der Waals surface area contributed by atoms with Gasteiger partial charge in [0.2, 0.25) is 0 Å². The Morgan fingerprint density at radius 1 is 0.958 bits per heavy atom. The molecule has 5 nitrogen and oxygen atoms in total. The van der Waals surface area contributed by atoms with Crippen molar-refractivity contribution >= 4 is 35.1 Å². The van der Waals surface area contributed by atoms with Crippen LogP contribution in [0.3, 0.4) is 0 Å². The summed E-state index contributed by atoms with van der Waals surface area (Å²) in [5.41, 5.74) is 0.455. The summed E-state index contributed by atoms with van der Waals surface area (Å²) in [5.74, 6) is -0.787. The van der Waals surface area contributed by atoms with E-state index in [1.165, 1.54) is 30.3 Å². The smallest absolute Gasteiger partial charge is 0.311 e. The van der Waals surface area contributed by atoms with Gasteiger partial charge < -0.3 is 9.47 Å². The van der Waals surface area contributed by atoms with Gasteiger partial charge in [-0.15, -0.1) is 0 Å². The summed E-state index contributed by atoms with van der Waals surface area (Å²) in [6, 6.07) is 12.7. The van der Waals surface area contributed by atoms with Gasteiger partial charge in [0.25, 0.3) is 0 Å². The van der Waals surface area contributed by atoms with Crippen LogP contribution in [-0.2, 0) is 9.59 Å². The number of ether oxygens (including phenoxy) is 2. The maximum Gasteiger partial charge on any atom is 0.311 e. The van der Waals surface area contributed by atoms with Crippen LogP contribution in [0.2, 0.25) is 10.0 Å². The second-order valence-electron chi connectivity index (χ2n) is 4.64. The van der Waals surface area contributed by atoms with Crippen molar-refractivity contribution in [3.63, 3.8) is 0 Å².